The van der Waals surface area contributed by atoms with E-state index >= 15 is 0 Å². The first-order chi connectivity index (χ1) is 8.33. The molecule has 1 aliphatic heterocycles. The van der Waals surface area contributed by atoms with Crippen LogP contribution in [0.3, 0.4) is 0 Å². The van der Waals surface area contributed by atoms with Crippen molar-refractivity contribution in [2.45, 2.75) is 39.7 Å². The van der Waals surface area contributed by atoms with Crippen molar-refractivity contribution >= 4 is 0 Å². The van der Waals surface area contributed by atoms with E-state index in [4.69, 9.17) is 4.74 Å². The van der Waals surface area contributed by atoms with Crippen LogP contribution in [0.25, 0.3) is 0 Å². The van der Waals surface area contributed by atoms with Crippen LogP contribution in [0.5, 0.6) is 5.75 Å². The van der Waals surface area contributed by atoms with Crippen molar-refractivity contribution in [3.8, 4) is 5.75 Å². The van der Waals surface area contributed by atoms with E-state index in [0.29, 0.717) is 0 Å². The molecular formula is C15H23NO. The molecule has 1 aromatic carbocycles. The minimum atomic E-state index is 0.751. The van der Waals surface area contributed by atoms with E-state index in [-0.39, 0.29) is 0 Å². The molecule has 0 bridgehead atoms. The van der Waals surface area contributed by atoms with Crippen molar-refractivity contribution in [2.24, 2.45) is 0 Å². The number of benzene rings is 1. The van der Waals surface area contributed by atoms with Crippen molar-refractivity contribution in [3.05, 3.63) is 29.3 Å². The highest BCUT2D eigenvalue weighted by atomic mass is 16.5. The van der Waals surface area contributed by atoms with E-state index in [1.807, 2.05) is 6.92 Å². The Hall–Kier alpha value is -1.02. The molecule has 2 rings (SSSR count). The highest BCUT2D eigenvalue weighted by Crippen LogP contribution is 2.24. The SMILES string of the molecule is CCCCN1CCc2cc(OCC)ccc2C1. The Kier molecular flexibility index (Phi) is 4.43. The Labute approximate surface area is 105 Å². The van der Waals surface area contributed by atoms with Crippen molar-refractivity contribution in [1.29, 1.82) is 0 Å². The maximum atomic E-state index is 5.55. The summed E-state index contributed by atoms with van der Waals surface area (Å²) in [5.41, 5.74) is 2.96. The lowest BCUT2D eigenvalue weighted by atomic mass is 9.99. The van der Waals surface area contributed by atoms with Gasteiger partial charge < -0.3 is 4.74 Å². The quantitative estimate of drug-likeness (QED) is 0.774. The van der Waals surface area contributed by atoms with Gasteiger partial charge in [0, 0.05) is 13.1 Å². The largest absolute Gasteiger partial charge is 0.494 e. The number of unbranched alkanes of at least 4 members (excludes halogenated alkanes) is 1. The molecule has 1 heterocycles. The predicted molar refractivity (Wildman–Crippen MR) is 71.5 cm³/mol. The van der Waals surface area contributed by atoms with Gasteiger partial charge in [-0.05, 0) is 49.6 Å². The second kappa shape index (κ2) is 6.06. The lowest BCUT2D eigenvalue weighted by Gasteiger charge is -2.28. The van der Waals surface area contributed by atoms with Gasteiger partial charge in [-0.2, -0.15) is 0 Å². The summed E-state index contributed by atoms with van der Waals surface area (Å²) in [4.78, 5) is 2.56. The van der Waals surface area contributed by atoms with Crippen LogP contribution in [0.2, 0.25) is 0 Å². The van der Waals surface area contributed by atoms with Gasteiger partial charge in [0.25, 0.3) is 0 Å². The Balaban J connectivity index is 2.01. The maximum Gasteiger partial charge on any atom is 0.119 e. The Morgan fingerprint density at radius 1 is 1.24 bits per heavy atom. The molecule has 0 unspecified atom stereocenters. The predicted octanol–water partition coefficient (Wildman–Crippen LogP) is 3.24. The topological polar surface area (TPSA) is 12.5 Å². The van der Waals surface area contributed by atoms with E-state index in [0.717, 1.165) is 18.9 Å². The molecule has 0 amide bonds. The zero-order valence-electron chi connectivity index (χ0n) is 11.0. The van der Waals surface area contributed by atoms with Crippen LogP contribution < -0.4 is 4.74 Å². The zero-order valence-corrected chi connectivity index (χ0v) is 11.0. The maximum absolute atomic E-state index is 5.55. The van der Waals surface area contributed by atoms with Gasteiger partial charge in [0.05, 0.1) is 6.61 Å². The van der Waals surface area contributed by atoms with Crippen LogP contribution in [0.15, 0.2) is 18.2 Å². The van der Waals surface area contributed by atoms with Gasteiger partial charge in [0.15, 0.2) is 0 Å². The van der Waals surface area contributed by atoms with E-state index in [2.05, 4.69) is 30.0 Å². The van der Waals surface area contributed by atoms with Crippen molar-refractivity contribution in [3.63, 3.8) is 0 Å². The molecule has 1 aromatic rings. The first-order valence-electron chi connectivity index (χ1n) is 6.80. The van der Waals surface area contributed by atoms with Crippen molar-refractivity contribution in [1.82, 2.24) is 4.90 Å². The van der Waals surface area contributed by atoms with Crippen LogP contribution in [0.4, 0.5) is 0 Å². The van der Waals surface area contributed by atoms with Gasteiger partial charge in [-0.15, -0.1) is 0 Å². The second-order valence-corrected chi connectivity index (χ2v) is 4.74. The molecule has 0 saturated carbocycles. The molecule has 17 heavy (non-hydrogen) atoms. The van der Waals surface area contributed by atoms with Gasteiger partial charge in [0.1, 0.15) is 5.75 Å². The monoisotopic (exact) mass is 233 g/mol. The Morgan fingerprint density at radius 3 is 2.88 bits per heavy atom. The number of fused-ring (bicyclic) bond motifs is 1. The molecule has 2 nitrogen and oxygen atoms in total. The van der Waals surface area contributed by atoms with Gasteiger partial charge >= 0.3 is 0 Å². The molecular weight excluding hydrogens is 210 g/mol. The van der Waals surface area contributed by atoms with Gasteiger partial charge in [-0.3, -0.25) is 4.90 Å². The fourth-order valence-electron chi connectivity index (χ4n) is 2.42. The van der Waals surface area contributed by atoms with Crippen LogP contribution >= 0.6 is 0 Å². The van der Waals surface area contributed by atoms with Crippen LogP contribution in [0, 0.1) is 0 Å². The summed E-state index contributed by atoms with van der Waals surface area (Å²) >= 11 is 0. The van der Waals surface area contributed by atoms with Gasteiger partial charge in [0.2, 0.25) is 0 Å². The Bertz CT molecular complexity index is 362. The standard InChI is InChI=1S/C15H23NO/c1-3-5-9-16-10-8-13-11-15(17-4-2)7-6-14(13)12-16/h6-7,11H,3-5,8-10,12H2,1-2H3. The summed E-state index contributed by atoms with van der Waals surface area (Å²) in [5, 5.41) is 0. The van der Waals surface area contributed by atoms with Gasteiger partial charge in [-0.1, -0.05) is 19.4 Å². The highest BCUT2D eigenvalue weighted by Gasteiger charge is 2.15. The summed E-state index contributed by atoms with van der Waals surface area (Å²) in [5.74, 6) is 1.02. The summed E-state index contributed by atoms with van der Waals surface area (Å²) < 4.78 is 5.55. The van der Waals surface area contributed by atoms with Crippen molar-refractivity contribution < 1.29 is 4.74 Å². The third kappa shape index (κ3) is 3.22. The fourth-order valence-corrected chi connectivity index (χ4v) is 2.42. The summed E-state index contributed by atoms with van der Waals surface area (Å²) in [6, 6.07) is 6.56. The van der Waals surface area contributed by atoms with E-state index < -0.39 is 0 Å². The first kappa shape index (κ1) is 12.4. The normalized spacial score (nSPS) is 15.6. The molecule has 0 saturated heterocycles. The van der Waals surface area contributed by atoms with Crippen molar-refractivity contribution in [2.75, 3.05) is 19.7 Å². The molecule has 0 N–H and O–H groups in total. The van der Waals surface area contributed by atoms with E-state index in [1.165, 1.54) is 43.5 Å². The van der Waals surface area contributed by atoms with Gasteiger partial charge in [-0.25, -0.2) is 0 Å². The first-order valence-corrected chi connectivity index (χ1v) is 6.80. The molecule has 2 heteroatoms. The molecule has 94 valence electrons. The van der Waals surface area contributed by atoms with Crippen LogP contribution in [-0.4, -0.2) is 24.6 Å². The fraction of sp³-hybridized carbons (Fsp3) is 0.600. The number of rotatable bonds is 5. The number of nitrogens with zero attached hydrogens (tertiary/aromatic N) is 1. The molecule has 1 aliphatic rings. The Morgan fingerprint density at radius 2 is 2.12 bits per heavy atom. The average molecular weight is 233 g/mol. The van der Waals surface area contributed by atoms with Crippen LogP contribution in [-0.2, 0) is 13.0 Å². The molecule has 0 aromatic heterocycles. The van der Waals surface area contributed by atoms with E-state index in [1.54, 1.807) is 0 Å². The highest BCUT2D eigenvalue weighted by molar-refractivity contribution is 5.37. The summed E-state index contributed by atoms with van der Waals surface area (Å²) in [6.07, 6.45) is 3.76. The molecule has 0 radical (unpaired) electrons. The number of hydrogen-bond donors (Lipinski definition) is 0. The van der Waals surface area contributed by atoms with Crippen LogP contribution in [0.1, 0.15) is 37.8 Å². The minimum absolute atomic E-state index is 0.751. The minimum Gasteiger partial charge on any atom is -0.494 e. The smallest absolute Gasteiger partial charge is 0.119 e. The van der Waals surface area contributed by atoms with E-state index in [9.17, 15) is 0 Å². The lowest BCUT2D eigenvalue weighted by molar-refractivity contribution is 0.249. The zero-order chi connectivity index (χ0) is 12.1. The number of hydrogen-bond acceptors (Lipinski definition) is 2. The third-order valence-electron chi connectivity index (χ3n) is 3.41. The second-order valence-electron chi connectivity index (χ2n) is 4.74. The summed E-state index contributed by atoms with van der Waals surface area (Å²) in [6.45, 7) is 8.59. The third-order valence-corrected chi connectivity index (χ3v) is 3.41. The lowest BCUT2D eigenvalue weighted by Crippen LogP contribution is -2.31. The average Bonchev–Trinajstić information content (AvgIpc) is 2.36. The molecule has 0 fully saturated rings. The molecule has 0 aliphatic carbocycles. The molecule has 0 atom stereocenters. The number of ether oxygens (including phenoxy) is 1. The molecule has 0 spiro atoms. The summed E-state index contributed by atoms with van der Waals surface area (Å²) in [7, 11) is 0.